The SMILES string of the molecule is CC/C(C)=C\C=C(/C)N(C1=CCC(C2=CCC(N(C3=CCC(C)C=C3)C3=CC=C(C)CC3)C=C2)C=C1)C1C=CC(C)=CC1. The number of allylic oxidation sites excluding steroid dienone is 18. The van der Waals surface area contributed by atoms with Crippen LogP contribution in [0, 0.1) is 11.8 Å². The second kappa shape index (κ2) is 14.3. The summed E-state index contributed by atoms with van der Waals surface area (Å²) in [5.74, 6) is 1.06. The van der Waals surface area contributed by atoms with Crippen LogP contribution in [0.1, 0.15) is 86.5 Å². The molecule has 0 N–H and O–H groups in total. The highest BCUT2D eigenvalue weighted by Gasteiger charge is 2.27. The maximum absolute atomic E-state index is 2.61. The van der Waals surface area contributed by atoms with Crippen molar-refractivity contribution in [2.45, 2.75) is 98.6 Å². The molecule has 4 atom stereocenters. The predicted octanol–water partition coefficient (Wildman–Crippen LogP) is 10.9. The van der Waals surface area contributed by atoms with Gasteiger partial charge in [0.05, 0.1) is 12.1 Å². The fourth-order valence-corrected chi connectivity index (χ4v) is 6.55. The van der Waals surface area contributed by atoms with Crippen LogP contribution in [0.2, 0.25) is 0 Å². The Morgan fingerprint density at radius 3 is 2.14 bits per heavy atom. The van der Waals surface area contributed by atoms with Crippen molar-refractivity contribution >= 4 is 0 Å². The lowest BCUT2D eigenvalue weighted by atomic mass is 9.86. The Hall–Kier alpha value is -3.52. The number of nitrogens with zero attached hydrogens (tertiary/aromatic N) is 2. The summed E-state index contributed by atoms with van der Waals surface area (Å²) in [7, 11) is 0. The van der Waals surface area contributed by atoms with Crippen molar-refractivity contribution in [3.05, 3.63) is 142 Å². The third kappa shape index (κ3) is 7.71. The maximum atomic E-state index is 2.61. The van der Waals surface area contributed by atoms with E-state index in [1.165, 1.54) is 45.1 Å². The van der Waals surface area contributed by atoms with Gasteiger partial charge in [0.25, 0.3) is 0 Å². The molecule has 2 nitrogen and oxygen atoms in total. The van der Waals surface area contributed by atoms with Gasteiger partial charge in [0, 0.05) is 28.7 Å². The van der Waals surface area contributed by atoms with Crippen molar-refractivity contribution in [3.63, 3.8) is 0 Å². The fourth-order valence-electron chi connectivity index (χ4n) is 6.55. The van der Waals surface area contributed by atoms with E-state index in [1.807, 2.05) is 0 Å². The van der Waals surface area contributed by atoms with Crippen LogP contribution < -0.4 is 0 Å². The van der Waals surface area contributed by atoms with E-state index in [0.717, 1.165) is 44.9 Å². The van der Waals surface area contributed by atoms with Gasteiger partial charge in [0.15, 0.2) is 0 Å². The Labute approximate surface area is 262 Å². The summed E-state index contributed by atoms with van der Waals surface area (Å²) in [5.41, 5.74) is 11.1. The van der Waals surface area contributed by atoms with Crippen molar-refractivity contribution < 1.29 is 0 Å². The molecule has 0 spiro atoms. The van der Waals surface area contributed by atoms with Crippen molar-refractivity contribution in [1.82, 2.24) is 9.80 Å². The Bertz CT molecular complexity index is 1420. The summed E-state index contributed by atoms with van der Waals surface area (Å²) in [5, 5.41) is 0. The van der Waals surface area contributed by atoms with E-state index in [0.29, 0.717) is 23.9 Å². The summed E-state index contributed by atoms with van der Waals surface area (Å²) in [6.45, 7) is 13.4. The smallest absolute Gasteiger partial charge is 0.0556 e. The van der Waals surface area contributed by atoms with Gasteiger partial charge in [-0.05, 0) is 108 Å². The van der Waals surface area contributed by atoms with E-state index in [4.69, 9.17) is 0 Å². The average molecular weight is 573 g/mol. The fraction of sp³-hybridized carbons (Fsp3) is 0.415. The molecule has 0 aliphatic heterocycles. The van der Waals surface area contributed by atoms with Crippen LogP contribution in [-0.4, -0.2) is 21.9 Å². The molecule has 5 aliphatic carbocycles. The van der Waals surface area contributed by atoms with Crippen molar-refractivity contribution in [1.29, 1.82) is 0 Å². The summed E-state index contributed by atoms with van der Waals surface area (Å²) < 4.78 is 0. The molecule has 0 amide bonds. The number of rotatable bonds is 9. The van der Waals surface area contributed by atoms with Crippen LogP contribution in [0.5, 0.6) is 0 Å². The zero-order valence-electron chi connectivity index (χ0n) is 27.4. The monoisotopic (exact) mass is 572 g/mol. The molecule has 0 fully saturated rings. The second-order valence-electron chi connectivity index (χ2n) is 13.1. The molecule has 5 aliphatic rings. The summed E-state index contributed by atoms with van der Waals surface area (Å²) in [6.07, 6.45) is 45.7. The highest BCUT2D eigenvalue weighted by atomic mass is 15.2. The van der Waals surface area contributed by atoms with Gasteiger partial charge in [0.2, 0.25) is 0 Å². The molecule has 5 rings (SSSR count). The molecule has 226 valence electrons. The minimum absolute atomic E-state index is 0.349. The Morgan fingerprint density at radius 2 is 1.53 bits per heavy atom. The number of hydrogen-bond donors (Lipinski definition) is 0. The van der Waals surface area contributed by atoms with Gasteiger partial charge in [-0.15, -0.1) is 0 Å². The van der Waals surface area contributed by atoms with E-state index in [9.17, 15) is 0 Å². The molecule has 0 heterocycles. The Balaban J connectivity index is 1.30. The molecule has 0 saturated heterocycles. The van der Waals surface area contributed by atoms with Crippen LogP contribution in [0.4, 0.5) is 0 Å². The first-order valence-corrected chi connectivity index (χ1v) is 16.6. The van der Waals surface area contributed by atoms with Gasteiger partial charge in [-0.2, -0.15) is 0 Å². The maximum Gasteiger partial charge on any atom is 0.0556 e. The second-order valence-corrected chi connectivity index (χ2v) is 13.1. The van der Waals surface area contributed by atoms with Gasteiger partial charge in [-0.25, -0.2) is 0 Å². The van der Waals surface area contributed by atoms with Gasteiger partial charge in [0.1, 0.15) is 0 Å². The van der Waals surface area contributed by atoms with Crippen LogP contribution in [0.25, 0.3) is 0 Å². The Kier molecular flexibility index (Phi) is 10.3. The summed E-state index contributed by atoms with van der Waals surface area (Å²) >= 11 is 0. The first-order chi connectivity index (χ1) is 20.8. The van der Waals surface area contributed by atoms with Crippen molar-refractivity contribution in [3.8, 4) is 0 Å². The lowest BCUT2D eigenvalue weighted by Gasteiger charge is -2.38. The molecule has 0 bridgehead atoms. The molecule has 4 unspecified atom stereocenters. The van der Waals surface area contributed by atoms with Crippen molar-refractivity contribution in [2.24, 2.45) is 11.8 Å². The van der Waals surface area contributed by atoms with Crippen LogP contribution >= 0.6 is 0 Å². The summed E-state index contributed by atoms with van der Waals surface area (Å²) in [4.78, 5) is 5.14. The number of hydrogen-bond acceptors (Lipinski definition) is 2. The van der Waals surface area contributed by atoms with Crippen LogP contribution in [0.15, 0.2) is 142 Å². The zero-order chi connectivity index (χ0) is 30.3. The lowest BCUT2D eigenvalue weighted by molar-refractivity contribution is 0.351. The molecule has 0 aromatic rings. The molecule has 43 heavy (non-hydrogen) atoms. The highest BCUT2D eigenvalue weighted by molar-refractivity contribution is 5.40. The first kappa shape index (κ1) is 30.9. The van der Waals surface area contributed by atoms with E-state index in [1.54, 1.807) is 0 Å². The van der Waals surface area contributed by atoms with E-state index >= 15 is 0 Å². The van der Waals surface area contributed by atoms with Crippen molar-refractivity contribution in [2.75, 3.05) is 0 Å². The lowest BCUT2D eigenvalue weighted by Crippen LogP contribution is -2.34. The van der Waals surface area contributed by atoms with Crippen LogP contribution in [-0.2, 0) is 0 Å². The summed E-state index contributed by atoms with van der Waals surface area (Å²) in [6, 6.07) is 0.712. The topological polar surface area (TPSA) is 6.48 Å². The zero-order valence-corrected chi connectivity index (χ0v) is 27.4. The first-order valence-electron chi connectivity index (χ1n) is 16.6. The Morgan fingerprint density at radius 1 is 0.767 bits per heavy atom. The molecule has 0 aromatic carbocycles. The predicted molar refractivity (Wildman–Crippen MR) is 186 cm³/mol. The van der Waals surface area contributed by atoms with Gasteiger partial charge in [-0.1, -0.05) is 103 Å². The quantitative estimate of drug-likeness (QED) is 0.254. The van der Waals surface area contributed by atoms with Crippen LogP contribution in [0.3, 0.4) is 0 Å². The average Bonchev–Trinajstić information content (AvgIpc) is 3.03. The molecule has 0 saturated carbocycles. The molecular formula is C41H52N2. The standard InChI is InChI=1S/C41H52N2/c1-7-30(2)8-15-34(6)42(37-20-9-31(3)10-21-37)38-26-16-35(17-27-38)36-18-28-41(29-19-36)43(39-22-11-32(4)12-23-39)40-24-13-33(5)14-25-40/h8-11,13,15-16,18-20,22-24,26-28,32,35,37,41H,7,12,14,17,21,25,29H2,1-6H3/b30-8-,34-15+. The van der Waals surface area contributed by atoms with E-state index in [-0.39, 0.29) is 0 Å². The van der Waals surface area contributed by atoms with E-state index in [2.05, 4.69) is 149 Å². The van der Waals surface area contributed by atoms with Gasteiger partial charge < -0.3 is 9.80 Å². The largest absolute Gasteiger partial charge is 0.338 e. The highest BCUT2D eigenvalue weighted by Crippen LogP contribution is 2.36. The van der Waals surface area contributed by atoms with Gasteiger partial charge >= 0.3 is 0 Å². The van der Waals surface area contributed by atoms with Gasteiger partial charge in [-0.3, -0.25) is 0 Å². The minimum atomic E-state index is 0.349. The third-order valence-corrected chi connectivity index (χ3v) is 9.58. The molecule has 2 heteroatoms. The normalized spacial score (nSPS) is 27.6. The molecular weight excluding hydrogens is 520 g/mol. The molecule has 0 aromatic heterocycles. The third-order valence-electron chi connectivity index (χ3n) is 9.58. The van der Waals surface area contributed by atoms with E-state index < -0.39 is 0 Å². The minimum Gasteiger partial charge on any atom is -0.338 e. The molecule has 0 radical (unpaired) electrons.